The highest BCUT2D eigenvalue weighted by molar-refractivity contribution is 6.10. The number of aromatic nitrogens is 1. The van der Waals surface area contributed by atoms with E-state index < -0.39 is 10.8 Å². The molecule has 2 nitrogen and oxygen atoms in total. The van der Waals surface area contributed by atoms with Crippen LogP contribution in [-0.4, -0.2) is 4.57 Å². The van der Waals surface area contributed by atoms with E-state index in [4.69, 9.17) is 0 Å². The molecule has 12 aromatic carbocycles. The molecular formula is C74H48N2. The summed E-state index contributed by atoms with van der Waals surface area (Å²) in [6.07, 6.45) is 0. The van der Waals surface area contributed by atoms with Crippen molar-refractivity contribution in [1.29, 1.82) is 0 Å². The maximum Gasteiger partial charge on any atom is 0.0726 e. The number of rotatable bonds is 7. The number of benzene rings is 12. The van der Waals surface area contributed by atoms with Crippen LogP contribution in [0.2, 0.25) is 0 Å². The van der Waals surface area contributed by atoms with Crippen LogP contribution in [-0.2, 0) is 10.8 Å². The van der Waals surface area contributed by atoms with E-state index in [-0.39, 0.29) is 0 Å². The molecule has 1 aromatic heterocycles. The van der Waals surface area contributed by atoms with E-state index in [9.17, 15) is 0 Å². The fourth-order valence-corrected chi connectivity index (χ4v) is 14.1. The topological polar surface area (TPSA) is 8.17 Å². The van der Waals surface area contributed by atoms with Gasteiger partial charge >= 0.3 is 0 Å². The van der Waals surface area contributed by atoms with E-state index in [1.165, 1.54) is 111 Å². The fraction of sp³-hybridized carbons (Fsp3) is 0.0270. The van der Waals surface area contributed by atoms with Gasteiger partial charge < -0.3 is 9.47 Å². The molecule has 76 heavy (non-hydrogen) atoms. The van der Waals surface area contributed by atoms with E-state index in [2.05, 4.69) is 301 Å². The third-order valence-corrected chi connectivity index (χ3v) is 17.1. The Bertz CT molecular complexity index is 4350. The molecule has 0 saturated carbocycles. The molecule has 0 fully saturated rings. The molecule has 0 N–H and O–H groups in total. The van der Waals surface area contributed by atoms with Crippen LogP contribution >= 0.6 is 0 Å². The van der Waals surface area contributed by atoms with Gasteiger partial charge in [0.25, 0.3) is 0 Å². The second kappa shape index (κ2) is 16.4. The zero-order chi connectivity index (χ0) is 50.0. The molecule has 13 aromatic rings. The predicted octanol–water partition coefficient (Wildman–Crippen LogP) is 18.6. The zero-order valence-electron chi connectivity index (χ0n) is 41.6. The second-order valence-corrected chi connectivity index (χ2v) is 20.7. The van der Waals surface area contributed by atoms with Gasteiger partial charge in [-0.1, -0.05) is 224 Å². The van der Waals surface area contributed by atoms with E-state index in [1.807, 2.05) is 0 Å². The molecule has 3 aliphatic rings. The Kier molecular flexibility index (Phi) is 9.20. The van der Waals surface area contributed by atoms with Crippen LogP contribution in [0.1, 0.15) is 44.5 Å². The molecule has 16 rings (SSSR count). The normalized spacial score (nSPS) is 13.7. The summed E-state index contributed by atoms with van der Waals surface area (Å²) in [5.41, 5.74) is 26.4. The minimum absolute atomic E-state index is 0.477. The van der Waals surface area contributed by atoms with E-state index in [0.717, 1.165) is 22.7 Å². The first-order valence-electron chi connectivity index (χ1n) is 26.5. The predicted molar refractivity (Wildman–Crippen MR) is 315 cm³/mol. The average Bonchev–Trinajstić information content (AvgIpc) is 4.39. The number of hydrogen-bond acceptors (Lipinski definition) is 1. The summed E-state index contributed by atoms with van der Waals surface area (Å²) < 4.78 is 2.39. The first kappa shape index (κ1) is 42.7. The molecule has 3 aliphatic carbocycles. The lowest BCUT2D eigenvalue weighted by atomic mass is 9.68. The highest BCUT2D eigenvalue weighted by Crippen LogP contribution is 2.64. The van der Waals surface area contributed by atoms with Crippen molar-refractivity contribution >= 4 is 38.9 Å². The van der Waals surface area contributed by atoms with Crippen molar-refractivity contribution < 1.29 is 0 Å². The van der Waals surface area contributed by atoms with Gasteiger partial charge in [0, 0.05) is 33.5 Å². The van der Waals surface area contributed by atoms with Crippen molar-refractivity contribution in [2.45, 2.75) is 10.8 Å². The molecule has 1 heterocycles. The smallest absolute Gasteiger partial charge is 0.0726 e. The van der Waals surface area contributed by atoms with Crippen LogP contribution in [0, 0.1) is 0 Å². The van der Waals surface area contributed by atoms with Crippen LogP contribution in [0.3, 0.4) is 0 Å². The highest BCUT2D eigenvalue weighted by Gasteiger charge is 2.52. The standard InChI is InChI=1S/C74H48N2/c1-4-20-51(21-5-1)73(52-22-6-2-7-23-52)65-31-15-13-29-60(65)63-47-55(42-44-69(63)73)75(54-39-36-49(37-40-54)50-38-45-72-64(46-50)62-30-14-19-35-71(62)76(72)53-24-8-3-9-25-53)56-41-43-61-59-28-12-18-34-68(59)74(70(61)48-56)66-32-16-10-26-57(66)58-27-11-17-33-67(58)74/h1-48H. The van der Waals surface area contributed by atoms with Crippen LogP contribution in [0.5, 0.6) is 0 Å². The summed E-state index contributed by atoms with van der Waals surface area (Å²) in [6, 6.07) is 109. The monoisotopic (exact) mass is 964 g/mol. The average molecular weight is 965 g/mol. The van der Waals surface area contributed by atoms with Crippen molar-refractivity contribution in [3.63, 3.8) is 0 Å². The van der Waals surface area contributed by atoms with Gasteiger partial charge in [-0.05, 0) is 156 Å². The van der Waals surface area contributed by atoms with Crippen molar-refractivity contribution in [2.24, 2.45) is 0 Å². The lowest BCUT2D eigenvalue weighted by molar-refractivity contribution is 0.768. The minimum Gasteiger partial charge on any atom is -0.310 e. The van der Waals surface area contributed by atoms with E-state index in [1.54, 1.807) is 0 Å². The summed E-state index contributed by atoms with van der Waals surface area (Å²) in [6.45, 7) is 0. The first-order chi connectivity index (χ1) is 37.7. The Morgan fingerprint density at radius 3 is 1.30 bits per heavy atom. The molecule has 0 atom stereocenters. The third kappa shape index (κ3) is 5.81. The molecule has 0 unspecified atom stereocenters. The van der Waals surface area contributed by atoms with Crippen molar-refractivity contribution in [3.05, 3.63) is 336 Å². The van der Waals surface area contributed by atoms with Gasteiger partial charge in [-0.15, -0.1) is 0 Å². The van der Waals surface area contributed by atoms with Gasteiger partial charge in [0.1, 0.15) is 0 Å². The Balaban J connectivity index is 0.907. The van der Waals surface area contributed by atoms with Crippen molar-refractivity contribution in [2.75, 3.05) is 4.90 Å². The Morgan fingerprint density at radius 2 is 0.684 bits per heavy atom. The van der Waals surface area contributed by atoms with E-state index >= 15 is 0 Å². The molecule has 0 bridgehead atoms. The van der Waals surface area contributed by atoms with Crippen LogP contribution < -0.4 is 4.90 Å². The highest BCUT2D eigenvalue weighted by atomic mass is 15.1. The first-order valence-corrected chi connectivity index (χ1v) is 26.5. The van der Waals surface area contributed by atoms with Crippen molar-refractivity contribution in [3.8, 4) is 50.2 Å². The number of hydrogen-bond donors (Lipinski definition) is 0. The van der Waals surface area contributed by atoms with E-state index in [0.29, 0.717) is 0 Å². The molecule has 0 aliphatic heterocycles. The number of nitrogens with zero attached hydrogens (tertiary/aromatic N) is 2. The van der Waals surface area contributed by atoms with Gasteiger partial charge in [0.2, 0.25) is 0 Å². The number of fused-ring (bicyclic) bond motifs is 16. The van der Waals surface area contributed by atoms with Crippen LogP contribution in [0.15, 0.2) is 291 Å². The van der Waals surface area contributed by atoms with Gasteiger partial charge in [-0.3, -0.25) is 0 Å². The summed E-state index contributed by atoms with van der Waals surface area (Å²) >= 11 is 0. The van der Waals surface area contributed by atoms with Gasteiger partial charge in [-0.25, -0.2) is 0 Å². The summed E-state index contributed by atoms with van der Waals surface area (Å²) in [5, 5.41) is 2.49. The lowest BCUT2D eigenvalue weighted by Gasteiger charge is -2.34. The molecule has 0 saturated heterocycles. The molecular weight excluding hydrogens is 917 g/mol. The summed E-state index contributed by atoms with van der Waals surface area (Å²) in [7, 11) is 0. The van der Waals surface area contributed by atoms with Crippen LogP contribution in [0.4, 0.5) is 17.1 Å². The summed E-state index contributed by atoms with van der Waals surface area (Å²) in [4.78, 5) is 2.50. The summed E-state index contributed by atoms with van der Waals surface area (Å²) in [5.74, 6) is 0. The third-order valence-electron chi connectivity index (χ3n) is 17.1. The zero-order valence-corrected chi connectivity index (χ0v) is 41.6. The lowest BCUT2D eigenvalue weighted by Crippen LogP contribution is -2.28. The molecule has 2 heteroatoms. The SMILES string of the molecule is c1ccc(-n2c3ccccc3c3cc(-c4ccc(N(c5ccc6c(c5)-c5ccccc5C6(c5ccccc5)c5ccccc5)c5ccc6c(c5)C5(c7ccccc7-c7ccccc75)c5ccccc5-6)cc4)ccc32)cc1. The molecule has 0 amide bonds. The Morgan fingerprint density at radius 1 is 0.250 bits per heavy atom. The van der Waals surface area contributed by atoms with Crippen LogP contribution in [0.25, 0.3) is 72.0 Å². The Labute approximate surface area is 442 Å². The maximum absolute atomic E-state index is 2.51. The Hall–Kier alpha value is -9.76. The number of para-hydroxylation sites is 2. The largest absolute Gasteiger partial charge is 0.310 e. The maximum atomic E-state index is 2.51. The molecule has 1 spiro atoms. The number of anilines is 3. The van der Waals surface area contributed by atoms with Gasteiger partial charge in [0.05, 0.1) is 21.9 Å². The fourth-order valence-electron chi connectivity index (χ4n) is 14.1. The minimum atomic E-state index is -0.497. The molecule has 354 valence electrons. The van der Waals surface area contributed by atoms with Gasteiger partial charge in [0.15, 0.2) is 0 Å². The quantitative estimate of drug-likeness (QED) is 0.155. The van der Waals surface area contributed by atoms with Crippen molar-refractivity contribution in [1.82, 2.24) is 4.57 Å². The van der Waals surface area contributed by atoms with Gasteiger partial charge in [-0.2, -0.15) is 0 Å². The second-order valence-electron chi connectivity index (χ2n) is 20.7. The molecule has 0 radical (unpaired) electrons.